The molecule has 0 heterocycles. The summed E-state index contributed by atoms with van der Waals surface area (Å²) in [6.07, 6.45) is 0. The van der Waals surface area contributed by atoms with Crippen molar-refractivity contribution < 1.29 is 4.39 Å². The number of likely N-dealkylation sites (N-methyl/N-ethyl adjacent to an activating group) is 1. The highest BCUT2D eigenvalue weighted by Gasteiger charge is 1.99. The largest absolute Gasteiger partial charge is 0.357 e. The van der Waals surface area contributed by atoms with E-state index in [1.54, 1.807) is 12.1 Å². The van der Waals surface area contributed by atoms with E-state index in [2.05, 4.69) is 34.5 Å². The SMILES string of the molecule is CCNC(=NCc1ccc(F)cc1)NCCN(C)CC.I. The van der Waals surface area contributed by atoms with Crippen LogP contribution in [-0.2, 0) is 6.54 Å². The minimum absolute atomic E-state index is 0. The number of hydrogen-bond acceptors (Lipinski definition) is 2. The summed E-state index contributed by atoms with van der Waals surface area (Å²) in [4.78, 5) is 6.72. The highest BCUT2D eigenvalue weighted by molar-refractivity contribution is 14.0. The second-order valence-electron chi connectivity index (χ2n) is 4.64. The molecule has 6 heteroatoms. The predicted octanol–water partition coefficient (Wildman–Crippen LogP) is 2.45. The van der Waals surface area contributed by atoms with Crippen molar-refractivity contribution in [1.29, 1.82) is 0 Å². The van der Waals surface area contributed by atoms with E-state index in [0.29, 0.717) is 6.54 Å². The van der Waals surface area contributed by atoms with Gasteiger partial charge < -0.3 is 15.5 Å². The Morgan fingerprint density at radius 1 is 1.19 bits per heavy atom. The van der Waals surface area contributed by atoms with Crippen LogP contribution < -0.4 is 10.6 Å². The van der Waals surface area contributed by atoms with Crippen LogP contribution in [0.4, 0.5) is 4.39 Å². The molecule has 4 nitrogen and oxygen atoms in total. The van der Waals surface area contributed by atoms with Gasteiger partial charge in [-0.2, -0.15) is 0 Å². The van der Waals surface area contributed by atoms with Crippen molar-refractivity contribution in [3.8, 4) is 0 Å². The first-order chi connectivity index (χ1) is 9.65. The molecule has 0 amide bonds. The summed E-state index contributed by atoms with van der Waals surface area (Å²) >= 11 is 0. The van der Waals surface area contributed by atoms with Gasteiger partial charge in [-0.15, -0.1) is 24.0 Å². The Morgan fingerprint density at radius 2 is 1.86 bits per heavy atom. The molecule has 0 fully saturated rings. The van der Waals surface area contributed by atoms with Gasteiger partial charge in [0, 0.05) is 19.6 Å². The Labute approximate surface area is 144 Å². The minimum atomic E-state index is -0.217. The summed E-state index contributed by atoms with van der Waals surface area (Å²) in [6, 6.07) is 6.43. The molecule has 120 valence electrons. The van der Waals surface area contributed by atoms with Crippen LogP contribution in [0.25, 0.3) is 0 Å². The number of nitrogens with one attached hydrogen (secondary N) is 2. The zero-order valence-electron chi connectivity index (χ0n) is 13.0. The van der Waals surface area contributed by atoms with E-state index in [1.165, 1.54) is 12.1 Å². The first-order valence-electron chi connectivity index (χ1n) is 7.10. The van der Waals surface area contributed by atoms with Gasteiger partial charge in [-0.3, -0.25) is 0 Å². The molecule has 0 spiro atoms. The van der Waals surface area contributed by atoms with Gasteiger partial charge >= 0.3 is 0 Å². The van der Waals surface area contributed by atoms with Crippen molar-refractivity contribution in [2.45, 2.75) is 20.4 Å². The molecule has 0 atom stereocenters. The number of benzene rings is 1. The van der Waals surface area contributed by atoms with Gasteiger partial charge in [-0.1, -0.05) is 19.1 Å². The second-order valence-corrected chi connectivity index (χ2v) is 4.64. The molecule has 0 aliphatic heterocycles. The van der Waals surface area contributed by atoms with E-state index < -0.39 is 0 Å². The first kappa shape index (κ1) is 20.1. The molecule has 1 aromatic rings. The second kappa shape index (κ2) is 11.7. The Hall–Kier alpha value is -0.890. The smallest absolute Gasteiger partial charge is 0.191 e. The minimum Gasteiger partial charge on any atom is -0.357 e. The lowest BCUT2D eigenvalue weighted by molar-refractivity contribution is 0.357. The molecule has 0 radical (unpaired) electrons. The Bertz CT molecular complexity index is 409. The highest BCUT2D eigenvalue weighted by Crippen LogP contribution is 2.03. The third-order valence-electron chi connectivity index (χ3n) is 3.00. The number of nitrogens with zero attached hydrogens (tertiary/aromatic N) is 2. The molecule has 1 rings (SSSR count). The quantitative estimate of drug-likeness (QED) is 0.414. The lowest BCUT2D eigenvalue weighted by Crippen LogP contribution is -2.40. The number of aliphatic imine (C=N–C) groups is 1. The number of hydrogen-bond donors (Lipinski definition) is 2. The van der Waals surface area contributed by atoms with Gasteiger partial charge in [0.05, 0.1) is 6.54 Å². The van der Waals surface area contributed by atoms with Crippen LogP contribution in [0.5, 0.6) is 0 Å². The molecule has 0 bridgehead atoms. The zero-order chi connectivity index (χ0) is 14.8. The van der Waals surface area contributed by atoms with Gasteiger partial charge in [0.1, 0.15) is 5.82 Å². The fraction of sp³-hybridized carbons (Fsp3) is 0.533. The van der Waals surface area contributed by atoms with E-state index in [-0.39, 0.29) is 29.8 Å². The van der Waals surface area contributed by atoms with Gasteiger partial charge in [0.2, 0.25) is 0 Å². The molecule has 1 aromatic carbocycles. The van der Waals surface area contributed by atoms with Crippen molar-refractivity contribution >= 4 is 29.9 Å². The summed E-state index contributed by atoms with van der Waals surface area (Å²) in [6.45, 7) is 8.38. The summed E-state index contributed by atoms with van der Waals surface area (Å²) in [5.41, 5.74) is 0.995. The average Bonchev–Trinajstić information content (AvgIpc) is 2.46. The number of halogens is 2. The zero-order valence-corrected chi connectivity index (χ0v) is 15.4. The fourth-order valence-corrected chi connectivity index (χ4v) is 1.63. The van der Waals surface area contributed by atoms with Crippen molar-refractivity contribution in [2.75, 3.05) is 33.2 Å². The molecule has 2 N–H and O–H groups in total. The summed E-state index contributed by atoms with van der Waals surface area (Å²) in [5.74, 6) is 0.576. The van der Waals surface area contributed by atoms with Crippen LogP contribution in [0.3, 0.4) is 0 Å². The summed E-state index contributed by atoms with van der Waals surface area (Å²) < 4.78 is 12.8. The van der Waals surface area contributed by atoms with Crippen LogP contribution in [-0.4, -0.2) is 44.1 Å². The van der Waals surface area contributed by atoms with E-state index in [0.717, 1.165) is 37.7 Å². The number of rotatable bonds is 7. The van der Waals surface area contributed by atoms with E-state index in [1.807, 2.05) is 6.92 Å². The molecule has 0 saturated heterocycles. The van der Waals surface area contributed by atoms with E-state index >= 15 is 0 Å². The van der Waals surface area contributed by atoms with E-state index in [4.69, 9.17) is 0 Å². The summed E-state index contributed by atoms with van der Waals surface area (Å²) in [7, 11) is 2.09. The van der Waals surface area contributed by atoms with E-state index in [9.17, 15) is 4.39 Å². The molecule has 0 unspecified atom stereocenters. The van der Waals surface area contributed by atoms with Crippen molar-refractivity contribution in [2.24, 2.45) is 4.99 Å². The van der Waals surface area contributed by atoms with Gasteiger partial charge in [0.25, 0.3) is 0 Å². The molecular formula is C15H26FIN4. The number of guanidine groups is 1. The maximum atomic E-state index is 12.8. The molecule has 0 aliphatic carbocycles. The predicted molar refractivity (Wildman–Crippen MR) is 97.8 cm³/mol. The molecule has 0 aromatic heterocycles. The standard InChI is InChI=1S/C15H25FN4.HI/c1-4-17-15(18-10-11-20(3)5-2)19-12-13-6-8-14(16)9-7-13;/h6-9H,4-5,10-12H2,1-3H3,(H2,17,18,19);1H. The first-order valence-corrected chi connectivity index (χ1v) is 7.10. The monoisotopic (exact) mass is 408 g/mol. The Morgan fingerprint density at radius 3 is 2.43 bits per heavy atom. The lowest BCUT2D eigenvalue weighted by Gasteiger charge is -2.16. The Kier molecular flexibility index (Phi) is 11.2. The van der Waals surface area contributed by atoms with Gasteiger partial charge in [-0.25, -0.2) is 9.38 Å². The van der Waals surface area contributed by atoms with Crippen LogP contribution in [0.2, 0.25) is 0 Å². The summed E-state index contributed by atoms with van der Waals surface area (Å²) in [5, 5.41) is 6.49. The maximum absolute atomic E-state index is 12.8. The maximum Gasteiger partial charge on any atom is 0.191 e. The molecule has 21 heavy (non-hydrogen) atoms. The van der Waals surface area contributed by atoms with Gasteiger partial charge in [0.15, 0.2) is 5.96 Å². The van der Waals surface area contributed by atoms with Crippen LogP contribution in [0.15, 0.2) is 29.3 Å². The Balaban J connectivity index is 0.00000400. The fourth-order valence-electron chi connectivity index (χ4n) is 1.63. The third kappa shape index (κ3) is 8.87. The average molecular weight is 408 g/mol. The molecule has 0 saturated carbocycles. The topological polar surface area (TPSA) is 39.7 Å². The highest BCUT2D eigenvalue weighted by atomic mass is 127. The normalized spacial score (nSPS) is 11.2. The van der Waals surface area contributed by atoms with Gasteiger partial charge in [-0.05, 0) is 38.2 Å². The van der Waals surface area contributed by atoms with Crippen molar-refractivity contribution in [1.82, 2.24) is 15.5 Å². The molecular weight excluding hydrogens is 382 g/mol. The van der Waals surface area contributed by atoms with Crippen LogP contribution in [0.1, 0.15) is 19.4 Å². The lowest BCUT2D eigenvalue weighted by atomic mass is 10.2. The van der Waals surface area contributed by atoms with Crippen LogP contribution in [0, 0.1) is 5.82 Å². The molecule has 0 aliphatic rings. The van der Waals surface area contributed by atoms with Crippen LogP contribution >= 0.6 is 24.0 Å². The van der Waals surface area contributed by atoms with Crippen molar-refractivity contribution in [3.63, 3.8) is 0 Å². The third-order valence-corrected chi connectivity index (χ3v) is 3.00. The van der Waals surface area contributed by atoms with Crippen molar-refractivity contribution in [3.05, 3.63) is 35.6 Å².